The Morgan fingerprint density at radius 2 is 1.88 bits per heavy atom. The molecule has 1 aromatic carbocycles. The molecule has 3 aromatic rings. The van der Waals surface area contributed by atoms with Gasteiger partial charge >= 0.3 is 0 Å². The fraction of sp³-hybridized carbons (Fsp3) is 0.263. The van der Waals surface area contributed by atoms with Crippen LogP contribution in [0.5, 0.6) is 0 Å². The van der Waals surface area contributed by atoms with E-state index in [2.05, 4.69) is 20.9 Å². The Balaban J connectivity index is 1.46. The Hall–Kier alpha value is -3.22. The van der Waals surface area contributed by atoms with Crippen molar-refractivity contribution in [1.82, 2.24) is 16.0 Å². The van der Waals surface area contributed by atoms with Gasteiger partial charge in [0, 0.05) is 31.1 Å². The minimum atomic E-state index is -0.238. The number of furan rings is 2. The molecular weight excluding hydrogens is 332 g/mol. The van der Waals surface area contributed by atoms with Crippen molar-refractivity contribution >= 4 is 22.8 Å². The molecule has 0 fully saturated rings. The van der Waals surface area contributed by atoms with Gasteiger partial charge in [-0.2, -0.15) is 0 Å². The van der Waals surface area contributed by atoms with E-state index in [4.69, 9.17) is 8.83 Å². The minimum Gasteiger partial charge on any atom is -0.459 e. The van der Waals surface area contributed by atoms with E-state index < -0.39 is 0 Å². The van der Waals surface area contributed by atoms with Gasteiger partial charge in [0.1, 0.15) is 11.3 Å². The molecule has 0 aliphatic heterocycles. The number of fused-ring (bicyclic) bond motifs is 1. The number of para-hydroxylation sites is 1. The van der Waals surface area contributed by atoms with Crippen LogP contribution in [0.1, 0.15) is 21.9 Å². The van der Waals surface area contributed by atoms with Crippen LogP contribution in [0.2, 0.25) is 0 Å². The number of nitrogens with zero attached hydrogens (tertiary/aromatic N) is 1. The maximum absolute atomic E-state index is 11.8. The summed E-state index contributed by atoms with van der Waals surface area (Å²) in [7, 11) is 1.70. The lowest BCUT2D eigenvalue weighted by Crippen LogP contribution is -2.41. The molecule has 0 bridgehead atoms. The van der Waals surface area contributed by atoms with Crippen molar-refractivity contribution in [2.75, 3.05) is 20.1 Å². The molecule has 0 saturated heterocycles. The predicted octanol–water partition coefficient (Wildman–Crippen LogP) is 2.43. The highest BCUT2D eigenvalue weighted by Gasteiger charge is 2.10. The maximum Gasteiger partial charge on any atom is 0.287 e. The lowest BCUT2D eigenvalue weighted by atomic mass is 10.1. The van der Waals surface area contributed by atoms with Crippen molar-refractivity contribution in [2.45, 2.75) is 13.5 Å². The predicted molar refractivity (Wildman–Crippen MR) is 100 cm³/mol. The van der Waals surface area contributed by atoms with Crippen LogP contribution in [0.3, 0.4) is 0 Å². The molecule has 0 saturated carbocycles. The van der Waals surface area contributed by atoms with Gasteiger partial charge in [-0.1, -0.05) is 18.2 Å². The van der Waals surface area contributed by atoms with E-state index in [-0.39, 0.29) is 5.91 Å². The fourth-order valence-corrected chi connectivity index (χ4v) is 2.63. The zero-order valence-electron chi connectivity index (χ0n) is 14.8. The molecule has 0 radical (unpaired) electrons. The maximum atomic E-state index is 11.8. The zero-order chi connectivity index (χ0) is 18.4. The van der Waals surface area contributed by atoms with E-state index in [1.807, 2.05) is 31.2 Å². The zero-order valence-corrected chi connectivity index (χ0v) is 14.8. The van der Waals surface area contributed by atoms with Crippen LogP contribution in [0.4, 0.5) is 0 Å². The van der Waals surface area contributed by atoms with Gasteiger partial charge < -0.3 is 24.8 Å². The summed E-state index contributed by atoms with van der Waals surface area (Å²) < 4.78 is 10.9. The molecule has 7 nitrogen and oxygen atoms in total. The number of rotatable bonds is 6. The molecule has 3 rings (SSSR count). The first kappa shape index (κ1) is 17.6. The summed E-state index contributed by atoms with van der Waals surface area (Å²) in [5, 5.41) is 10.2. The van der Waals surface area contributed by atoms with Gasteiger partial charge in [0.15, 0.2) is 11.7 Å². The summed E-state index contributed by atoms with van der Waals surface area (Å²) >= 11 is 0. The average molecular weight is 354 g/mol. The van der Waals surface area contributed by atoms with Crippen LogP contribution in [-0.4, -0.2) is 32.0 Å². The molecule has 0 aliphatic carbocycles. The van der Waals surface area contributed by atoms with Crippen molar-refractivity contribution in [3.05, 3.63) is 59.7 Å². The molecule has 2 aromatic heterocycles. The monoisotopic (exact) mass is 354 g/mol. The highest BCUT2D eigenvalue weighted by atomic mass is 16.3. The van der Waals surface area contributed by atoms with Crippen LogP contribution >= 0.6 is 0 Å². The van der Waals surface area contributed by atoms with E-state index >= 15 is 0 Å². The molecule has 136 valence electrons. The van der Waals surface area contributed by atoms with Crippen LogP contribution in [-0.2, 0) is 6.54 Å². The second-order valence-electron chi connectivity index (χ2n) is 5.73. The fourth-order valence-electron chi connectivity index (χ4n) is 2.63. The smallest absolute Gasteiger partial charge is 0.287 e. The summed E-state index contributed by atoms with van der Waals surface area (Å²) in [6, 6.07) is 11.3. The van der Waals surface area contributed by atoms with Gasteiger partial charge in [-0.15, -0.1) is 0 Å². The Labute approximate surface area is 151 Å². The number of amides is 1. The first-order valence-corrected chi connectivity index (χ1v) is 8.42. The highest BCUT2D eigenvalue weighted by molar-refractivity contribution is 5.91. The second kappa shape index (κ2) is 8.24. The van der Waals surface area contributed by atoms with Crippen molar-refractivity contribution in [3.8, 4) is 0 Å². The number of hydrogen-bond acceptors (Lipinski definition) is 4. The number of aryl methyl sites for hydroxylation is 1. The average Bonchev–Trinajstić information content (AvgIpc) is 3.30. The second-order valence-corrected chi connectivity index (χ2v) is 5.73. The first-order chi connectivity index (χ1) is 12.7. The molecule has 7 heteroatoms. The number of hydrogen-bond donors (Lipinski definition) is 3. The van der Waals surface area contributed by atoms with E-state index in [0.717, 1.165) is 22.3 Å². The summed E-state index contributed by atoms with van der Waals surface area (Å²) in [4.78, 5) is 15.9. The lowest BCUT2D eigenvalue weighted by molar-refractivity contribution is 0.0926. The van der Waals surface area contributed by atoms with Gasteiger partial charge in [0.25, 0.3) is 5.91 Å². The standard InChI is InChI=1S/C19H22N4O3/c1-13-14-6-3-4-7-15(14)26-17(13)12-23-19(20-2)22-10-9-21-18(24)16-8-5-11-25-16/h3-8,11H,9-10,12H2,1-2H3,(H,21,24)(H2,20,22,23). The van der Waals surface area contributed by atoms with Crippen LogP contribution < -0.4 is 16.0 Å². The van der Waals surface area contributed by atoms with Gasteiger partial charge in [0.2, 0.25) is 0 Å². The summed E-state index contributed by atoms with van der Waals surface area (Å²) in [6.45, 7) is 3.55. The Morgan fingerprint density at radius 1 is 1.08 bits per heavy atom. The normalized spacial score (nSPS) is 11.5. The van der Waals surface area contributed by atoms with Crippen LogP contribution in [0.15, 0.2) is 56.5 Å². The van der Waals surface area contributed by atoms with Crippen molar-refractivity contribution in [1.29, 1.82) is 0 Å². The molecular formula is C19H22N4O3. The first-order valence-electron chi connectivity index (χ1n) is 8.42. The van der Waals surface area contributed by atoms with Crippen molar-refractivity contribution in [2.24, 2.45) is 4.99 Å². The van der Waals surface area contributed by atoms with E-state index in [0.29, 0.717) is 31.4 Å². The Morgan fingerprint density at radius 3 is 2.62 bits per heavy atom. The van der Waals surface area contributed by atoms with Crippen LogP contribution in [0, 0.1) is 6.92 Å². The minimum absolute atomic E-state index is 0.238. The topological polar surface area (TPSA) is 91.8 Å². The molecule has 3 N–H and O–H groups in total. The van der Waals surface area contributed by atoms with Gasteiger partial charge in [0.05, 0.1) is 12.8 Å². The summed E-state index contributed by atoms with van der Waals surface area (Å²) in [5.74, 6) is 1.57. The lowest BCUT2D eigenvalue weighted by Gasteiger charge is -2.11. The number of aliphatic imine (C=N–C) groups is 1. The molecule has 0 unspecified atom stereocenters. The Bertz CT molecular complexity index is 897. The number of nitrogens with one attached hydrogen (secondary N) is 3. The molecule has 0 spiro atoms. The largest absolute Gasteiger partial charge is 0.459 e. The van der Waals surface area contributed by atoms with Gasteiger partial charge in [-0.05, 0) is 25.1 Å². The summed E-state index contributed by atoms with van der Waals surface area (Å²) in [5.41, 5.74) is 2.00. The molecule has 26 heavy (non-hydrogen) atoms. The Kier molecular flexibility index (Phi) is 5.58. The van der Waals surface area contributed by atoms with Gasteiger partial charge in [-0.25, -0.2) is 0 Å². The van der Waals surface area contributed by atoms with Crippen molar-refractivity contribution in [3.63, 3.8) is 0 Å². The third kappa shape index (κ3) is 4.05. The molecule has 0 aliphatic rings. The number of guanidine groups is 1. The van der Waals surface area contributed by atoms with Gasteiger partial charge in [-0.3, -0.25) is 9.79 Å². The number of carbonyl (C=O) groups excluding carboxylic acids is 1. The third-order valence-corrected chi connectivity index (χ3v) is 4.03. The molecule has 2 heterocycles. The van der Waals surface area contributed by atoms with E-state index in [1.165, 1.54) is 6.26 Å². The van der Waals surface area contributed by atoms with Crippen molar-refractivity contribution < 1.29 is 13.6 Å². The number of benzene rings is 1. The molecule has 0 atom stereocenters. The van der Waals surface area contributed by atoms with E-state index in [9.17, 15) is 4.79 Å². The molecule has 1 amide bonds. The highest BCUT2D eigenvalue weighted by Crippen LogP contribution is 2.24. The number of carbonyl (C=O) groups is 1. The third-order valence-electron chi connectivity index (χ3n) is 4.03. The van der Waals surface area contributed by atoms with E-state index in [1.54, 1.807) is 19.2 Å². The quantitative estimate of drug-likeness (QED) is 0.359. The van der Waals surface area contributed by atoms with Crippen LogP contribution in [0.25, 0.3) is 11.0 Å². The summed E-state index contributed by atoms with van der Waals surface area (Å²) in [6.07, 6.45) is 1.47. The SMILES string of the molecule is CN=C(NCCNC(=O)c1ccco1)NCc1oc2ccccc2c1C.